The fourth-order valence-electron chi connectivity index (χ4n) is 1.51. The number of thiophene rings is 1. The van der Waals surface area contributed by atoms with Gasteiger partial charge in [-0.2, -0.15) is 15.7 Å². The summed E-state index contributed by atoms with van der Waals surface area (Å²) in [6.45, 7) is 2.73. The van der Waals surface area contributed by atoms with Crippen molar-refractivity contribution in [3.8, 4) is 0 Å². The van der Waals surface area contributed by atoms with Crippen LogP contribution in [-0.4, -0.2) is 17.3 Å². The minimum Gasteiger partial charge on any atom is -0.382 e. The molecular formula is C11H14N4OS2. The van der Waals surface area contributed by atoms with Crippen LogP contribution in [0.5, 0.6) is 0 Å². The number of nitrogens with one attached hydrogen (secondary N) is 2. The second kappa shape index (κ2) is 5.36. The molecule has 0 saturated carbocycles. The minimum absolute atomic E-state index is 0.217. The molecule has 0 aromatic carbocycles. The maximum Gasteiger partial charge on any atom is 0.257 e. The quantitative estimate of drug-likeness (QED) is 0.802. The molecule has 0 unspecified atom stereocenters. The molecule has 2 aromatic heterocycles. The molecule has 0 saturated heterocycles. The van der Waals surface area contributed by atoms with Gasteiger partial charge >= 0.3 is 0 Å². The fourth-order valence-corrected chi connectivity index (χ4v) is 3.07. The van der Waals surface area contributed by atoms with Crippen molar-refractivity contribution in [3.63, 3.8) is 0 Å². The number of carbonyl (C=O) groups excluding carboxylic acids is 1. The number of amides is 1. The normalized spacial score (nSPS) is 10.3. The highest BCUT2D eigenvalue weighted by Crippen LogP contribution is 2.27. The van der Waals surface area contributed by atoms with Crippen LogP contribution in [0.3, 0.4) is 0 Å². The van der Waals surface area contributed by atoms with Crippen molar-refractivity contribution >= 4 is 39.6 Å². The van der Waals surface area contributed by atoms with E-state index in [2.05, 4.69) is 32.7 Å². The lowest BCUT2D eigenvalue weighted by atomic mass is 10.2. The van der Waals surface area contributed by atoms with Crippen LogP contribution in [0.1, 0.15) is 21.5 Å². The van der Waals surface area contributed by atoms with Crippen LogP contribution in [0.15, 0.2) is 10.8 Å². The Balaban J connectivity index is 2.15. The summed E-state index contributed by atoms with van der Waals surface area (Å²) in [7, 11) is 1.58. The summed E-state index contributed by atoms with van der Waals surface area (Å²) in [6.07, 6.45) is 0. The molecule has 2 rings (SSSR count). The highest BCUT2D eigenvalue weighted by Gasteiger charge is 2.18. The summed E-state index contributed by atoms with van der Waals surface area (Å²) >= 11 is 2.87. The Kier molecular flexibility index (Phi) is 3.83. The third kappa shape index (κ3) is 2.46. The zero-order valence-electron chi connectivity index (χ0n) is 10.1. The van der Waals surface area contributed by atoms with Gasteiger partial charge in [-0.3, -0.25) is 4.79 Å². The van der Waals surface area contributed by atoms with Gasteiger partial charge in [0.25, 0.3) is 5.91 Å². The smallest absolute Gasteiger partial charge is 0.257 e. The van der Waals surface area contributed by atoms with Crippen LogP contribution in [-0.2, 0) is 6.54 Å². The van der Waals surface area contributed by atoms with E-state index in [4.69, 9.17) is 5.73 Å². The van der Waals surface area contributed by atoms with Gasteiger partial charge < -0.3 is 16.4 Å². The lowest BCUT2D eigenvalue weighted by molar-refractivity contribution is 0.0965. The van der Waals surface area contributed by atoms with Gasteiger partial charge in [-0.05, 0) is 40.3 Å². The second-order valence-corrected chi connectivity index (χ2v) is 5.30. The molecule has 0 aliphatic heterocycles. The molecule has 0 bridgehead atoms. The summed E-state index contributed by atoms with van der Waals surface area (Å²) in [5.74, 6) is 0.0506. The predicted octanol–water partition coefficient (Wildman–Crippen LogP) is 2.07. The molecule has 0 spiro atoms. The number of nitrogens with zero attached hydrogens (tertiary/aromatic N) is 1. The SMILES string of the molecule is CNC(=O)c1c(N)nsc1NCc1cscc1C. The first kappa shape index (κ1) is 12.8. The summed E-state index contributed by atoms with van der Waals surface area (Å²) < 4.78 is 4.01. The fraction of sp³-hybridized carbons (Fsp3) is 0.273. The zero-order chi connectivity index (χ0) is 13.1. The number of rotatable bonds is 4. The van der Waals surface area contributed by atoms with Crippen LogP contribution >= 0.6 is 22.9 Å². The summed E-state index contributed by atoms with van der Waals surface area (Å²) in [4.78, 5) is 11.7. The Morgan fingerprint density at radius 2 is 2.28 bits per heavy atom. The monoisotopic (exact) mass is 282 g/mol. The number of hydrogen-bond donors (Lipinski definition) is 3. The Morgan fingerprint density at radius 1 is 1.50 bits per heavy atom. The van der Waals surface area contributed by atoms with Crippen molar-refractivity contribution in [3.05, 3.63) is 27.5 Å². The van der Waals surface area contributed by atoms with Crippen molar-refractivity contribution in [2.45, 2.75) is 13.5 Å². The van der Waals surface area contributed by atoms with Crippen molar-refractivity contribution < 1.29 is 4.79 Å². The summed E-state index contributed by atoms with van der Waals surface area (Å²) in [5.41, 5.74) is 8.58. The summed E-state index contributed by atoms with van der Waals surface area (Å²) in [5, 5.41) is 10.7. The lowest BCUT2D eigenvalue weighted by Crippen LogP contribution is -2.20. The van der Waals surface area contributed by atoms with E-state index in [1.165, 1.54) is 22.7 Å². The molecule has 0 aliphatic rings. The van der Waals surface area contributed by atoms with Gasteiger partial charge in [0.2, 0.25) is 0 Å². The number of carbonyl (C=O) groups is 1. The Morgan fingerprint density at radius 3 is 2.89 bits per heavy atom. The van der Waals surface area contributed by atoms with E-state index in [9.17, 15) is 4.79 Å². The average Bonchev–Trinajstić information content (AvgIpc) is 2.92. The molecule has 2 aromatic rings. The molecule has 96 valence electrons. The van der Waals surface area contributed by atoms with Crippen molar-refractivity contribution in [1.82, 2.24) is 9.69 Å². The molecule has 1 amide bonds. The van der Waals surface area contributed by atoms with Crippen molar-refractivity contribution in [2.24, 2.45) is 0 Å². The van der Waals surface area contributed by atoms with E-state index in [0.717, 1.165) is 0 Å². The third-order valence-electron chi connectivity index (χ3n) is 2.57. The molecule has 2 heterocycles. The van der Waals surface area contributed by atoms with Crippen molar-refractivity contribution in [2.75, 3.05) is 18.1 Å². The van der Waals surface area contributed by atoms with Crippen LogP contribution in [0.4, 0.5) is 10.8 Å². The minimum atomic E-state index is -0.217. The first-order chi connectivity index (χ1) is 8.63. The van der Waals surface area contributed by atoms with Crippen LogP contribution < -0.4 is 16.4 Å². The van der Waals surface area contributed by atoms with Crippen molar-refractivity contribution in [1.29, 1.82) is 0 Å². The number of aromatic nitrogens is 1. The third-order valence-corrected chi connectivity index (χ3v) is 4.30. The first-order valence-electron chi connectivity index (χ1n) is 5.36. The van der Waals surface area contributed by atoms with Gasteiger partial charge in [0.05, 0.1) is 0 Å². The number of aryl methyl sites for hydroxylation is 1. The number of hydrogen-bond acceptors (Lipinski definition) is 6. The van der Waals surface area contributed by atoms with Crippen LogP contribution in [0.25, 0.3) is 0 Å². The zero-order valence-corrected chi connectivity index (χ0v) is 11.7. The van der Waals surface area contributed by atoms with E-state index < -0.39 is 0 Å². The van der Waals surface area contributed by atoms with Gasteiger partial charge in [-0.15, -0.1) is 0 Å². The lowest BCUT2D eigenvalue weighted by Gasteiger charge is -2.06. The number of nitrogens with two attached hydrogens (primary N) is 1. The standard InChI is InChI=1S/C11H14N4OS2/c1-6-4-17-5-7(6)3-14-11-8(10(16)13-2)9(12)15-18-11/h4-5,14H,3H2,1-2H3,(H2,12,15)(H,13,16). The molecule has 0 atom stereocenters. The first-order valence-corrected chi connectivity index (χ1v) is 7.08. The Hall–Kier alpha value is -1.60. The van der Waals surface area contributed by atoms with Gasteiger partial charge in [-0.25, -0.2) is 0 Å². The maximum absolute atomic E-state index is 11.7. The largest absolute Gasteiger partial charge is 0.382 e. The molecule has 0 radical (unpaired) electrons. The van der Waals surface area contributed by atoms with E-state index in [1.807, 2.05) is 0 Å². The second-order valence-electron chi connectivity index (χ2n) is 3.78. The predicted molar refractivity (Wildman–Crippen MR) is 76.3 cm³/mol. The highest BCUT2D eigenvalue weighted by atomic mass is 32.1. The molecular weight excluding hydrogens is 268 g/mol. The van der Waals surface area contributed by atoms with E-state index in [1.54, 1.807) is 18.4 Å². The molecule has 4 N–H and O–H groups in total. The average molecular weight is 282 g/mol. The van der Waals surface area contributed by atoms with Gasteiger partial charge in [0.15, 0.2) is 5.82 Å². The topological polar surface area (TPSA) is 80.0 Å². The molecule has 5 nitrogen and oxygen atoms in total. The molecule has 0 aliphatic carbocycles. The molecule has 7 heteroatoms. The van der Waals surface area contributed by atoms with Crippen LogP contribution in [0.2, 0.25) is 0 Å². The Bertz CT molecular complexity index is 561. The van der Waals surface area contributed by atoms with Gasteiger partial charge in [0, 0.05) is 13.6 Å². The van der Waals surface area contributed by atoms with E-state index >= 15 is 0 Å². The van der Waals surface area contributed by atoms with Gasteiger partial charge in [0.1, 0.15) is 10.6 Å². The van der Waals surface area contributed by atoms with E-state index in [-0.39, 0.29) is 11.7 Å². The number of nitrogen functional groups attached to an aromatic ring is 1. The van der Waals surface area contributed by atoms with Crippen LogP contribution in [0, 0.1) is 6.92 Å². The summed E-state index contributed by atoms with van der Waals surface area (Å²) in [6, 6.07) is 0. The van der Waals surface area contributed by atoms with E-state index in [0.29, 0.717) is 17.1 Å². The Labute approximate surface area is 113 Å². The van der Waals surface area contributed by atoms with Gasteiger partial charge in [-0.1, -0.05) is 0 Å². The number of anilines is 2. The molecule has 0 fully saturated rings. The maximum atomic E-state index is 11.7. The highest BCUT2D eigenvalue weighted by molar-refractivity contribution is 7.11. The molecule has 18 heavy (non-hydrogen) atoms.